The molecule has 1 aliphatic heterocycles. The first-order valence-corrected chi connectivity index (χ1v) is 10.9. The fraction of sp³-hybridized carbons (Fsp3) is 0.120. The van der Waals surface area contributed by atoms with E-state index < -0.39 is 0 Å². The van der Waals surface area contributed by atoms with Crippen molar-refractivity contribution in [3.8, 4) is 5.75 Å². The largest absolute Gasteiger partial charge is 0.488 e. The van der Waals surface area contributed by atoms with Crippen molar-refractivity contribution in [2.24, 2.45) is 0 Å². The molecule has 1 fully saturated rings. The maximum atomic E-state index is 13.1. The van der Waals surface area contributed by atoms with Gasteiger partial charge in [0.1, 0.15) is 12.4 Å². The molecule has 4 nitrogen and oxygen atoms in total. The Labute approximate surface area is 190 Å². The molecule has 0 N–H and O–H groups in total. The normalized spacial score (nSPS) is 15.1. The number of carbonyl (C=O) groups excluding carboxylic acids is 2. The summed E-state index contributed by atoms with van der Waals surface area (Å²) in [7, 11) is 0. The Bertz CT molecular complexity index is 1190. The monoisotopic (exact) mass is 449 g/mol. The van der Waals surface area contributed by atoms with Gasteiger partial charge in [0.05, 0.1) is 10.6 Å². The van der Waals surface area contributed by atoms with Crippen LogP contribution in [0.3, 0.4) is 0 Å². The molecule has 1 heterocycles. The van der Waals surface area contributed by atoms with Crippen LogP contribution >= 0.6 is 23.4 Å². The summed E-state index contributed by atoms with van der Waals surface area (Å²) in [6.45, 7) is 4.19. The Kier molecular flexibility index (Phi) is 6.16. The number of anilines is 1. The first-order chi connectivity index (χ1) is 14.9. The van der Waals surface area contributed by atoms with Crippen molar-refractivity contribution in [2.45, 2.75) is 20.5 Å². The number of ether oxygens (including phenoxy) is 1. The summed E-state index contributed by atoms with van der Waals surface area (Å²) in [4.78, 5) is 27.3. The van der Waals surface area contributed by atoms with Gasteiger partial charge < -0.3 is 4.74 Å². The molecule has 3 aromatic carbocycles. The van der Waals surface area contributed by atoms with Gasteiger partial charge in [0.25, 0.3) is 11.1 Å². The molecular weight excluding hydrogens is 430 g/mol. The molecule has 0 bridgehead atoms. The highest BCUT2D eigenvalue weighted by atomic mass is 35.5. The quantitative estimate of drug-likeness (QED) is 0.403. The van der Waals surface area contributed by atoms with Gasteiger partial charge in [0, 0.05) is 10.6 Å². The maximum Gasteiger partial charge on any atom is 0.298 e. The van der Waals surface area contributed by atoms with Gasteiger partial charge in [-0.3, -0.25) is 9.59 Å². The first-order valence-electron chi connectivity index (χ1n) is 9.74. The zero-order valence-electron chi connectivity index (χ0n) is 17.1. The predicted molar refractivity (Wildman–Crippen MR) is 127 cm³/mol. The Hall–Kier alpha value is -3.02. The molecule has 3 aromatic rings. The number of rotatable bonds is 5. The van der Waals surface area contributed by atoms with Crippen LogP contribution in [0.2, 0.25) is 5.02 Å². The van der Waals surface area contributed by atoms with Gasteiger partial charge in [-0.1, -0.05) is 54.1 Å². The van der Waals surface area contributed by atoms with Crippen LogP contribution < -0.4 is 9.64 Å². The standard InChI is InChI=1S/C25H20ClNO3S/c1-16-7-8-17(2)21(13-16)27-24(28)23(31-25(27)29)14-19-5-3-4-6-22(19)30-15-18-9-11-20(26)12-10-18/h3-14H,15H2,1-2H3/b23-14-. The molecule has 31 heavy (non-hydrogen) atoms. The minimum atomic E-state index is -0.323. The summed E-state index contributed by atoms with van der Waals surface area (Å²) in [6.07, 6.45) is 1.72. The second-order valence-corrected chi connectivity index (χ2v) is 8.69. The molecule has 1 aliphatic rings. The summed E-state index contributed by atoms with van der Waals surface area (Å²) in [6, 6.07) is 20.6. The first kappa shape index (κ1) is 21.2. The van der Waals surface area contributed by atoms with Gasteiger partial charge in [-0.25, -0.2) is 4.90 Å². The predicted octanol–water partition coefficient (Wildman–Crippen LogP) is 6.78. The number of thioether (sulfide) groups is 1. The van der Waals surface area contributed by atoms with E-state index in [0.29, 0.717) is 28.0 Å². The number of carbonyl (C=O) groups is 2. The molecule has 1 saturated heterocycles. The van der Waals surface area contributed by atoms with Gasteiger partial charge in [0.15, 0.2) is 0 Å². The lowest BCUT2D eigenvalue weighted by Crippen LogP contribution is -2.28. The number of amides is 2. The molecule has 0 atom stereocenters. The highest BCUT2D eigenvalue weighted by Crippen LogP contribution is 2.38. The lowest BCUT2D eigenvalue weighted by Gasteiger charge is -2.16. The summed E-state index contributed by atoms with van der Waals surface area (Å²) in [5.74, 6) is 0.312. The van der Waals surface area contributed by atoms with Crippen molar-refractivity contribution in [1.29, 1.82) is 0 Å². The Morgan fingerprint density at radius 2 is 1.74 bits per heavy atom. The second-order valence-electron chi connectivity index (χ2n) is 7.26. The SMILES string of the molecule is Cc1ccc(C)c(N2C(=O)S/C(=C\c3ccccc3OCc3ccc(Cl)cc3)C2=O)c1. The van der Waals surface area contributed by atoms with Crippen molar-refractivity contribution in [3.63, 3.8) is 0 Å². The highest BCUT2D eigenvalue weighted by Gasteiger charge is 2.37. The molecule has 4 rings (SSSR count). The minimum absolute atomic E-state index is 0.301. The Balaban J connectivity index is 1.59. The molecule has 0 aromatic heterocycles. The minimum Gasteiger partial charge on any atom is -0.488 e. The van der Waals surface area contributed by atoms with Crippen LogP contribution in [-0.4, -0.2) is 11.1 Å². The highest BCUT2D eigenvalue weighted by molar-refractivity contribution is 8.19. The molecule has 0 spiro atoms. The molecule has 0 radical (unpaired) electrons. The number of hydrogen-bond donors (Lipinski definition) is 0. The van der Waals surface area contributed by atoms with Crippen molar-refractivity contribution in [2.75, 3.05) is 4.90 Å². The number of imide groups is 1. The lowest BCUT2D eigenvalue weighted by molar-refractivity contribution is -0.113. The lowest BCUT2D eigenvalue weighted by atomic mass is 10.1. The number of nitrogens with zero attached hydrogens (tertiary/aromatic N) is 1. The number of para-hydroxylation sites is 1. The molecule has 0 aliphatic carbocycles. The third kappa shape index (κ3) is 4.68. The average molecular weight is 450 g/mol. The van der Waals surface area contributed by atoms with Crippen LogP contribution in [0.15, 0.2) is 71.6 Å². The summed E-state index contributed by atoms with van der Waals surface area (Å²) < 4.78 is 5.98. The van der Waals surface area contributed by atoms with Gasteiger partial charge in [-0.05, 0) is 72.6 Å². The van der Waals surface area contributed by atoms with E-state index >= 15 is 0 Å². The van der Waals surface area contributed by atoms with Gasteiger partial charge in [-0.15, -0.1) is 0 Å². The Morgan fingerprint density at radius 3 is 2.52 bits per heavy atom. The van der Waals surface area contributed by atoms with E-state index in [9.17, 15) is 9.59 Å². The number of hydrogen-bond acceptors (Lipinski definition) is 4. The second kappa shape index (κ2) is 9.00. The zero-order chi connectivity index (χ0) is 22.0. The molecule has 0 saturated carbocycles. The number of halogens is 1. The van der Waals surface area contributed by atoms with Crippen LogP contribution in [-0.2, 0) is 11.4 Å². The van der Waals surface area contributed by atoms with E-state index in [4.69, 9.17) is 16.3 Å². The van der Waals surface area contributed by atoms with E-state index in [1.165, 1.54) is 4.90 Å². The summed E-state index contributed by atoms with van der Waals surface area (Å²) in [5, 5.41) is 0.369. The Morgan fingerprint density at radius 1 is 1.00 bits per heavy atom. The van der Waals surface area contributed by atoms with Crippen LogP contribution in [0.4, 0.5) is 10.5 Å². The van der Waals surface area contributed by atoms with Crippen LogP contribution in [0.1, 0.15) is 22.3 Å². The number of aryl methyl sites for hydroxylation is 2. The van der Waals surface area contributed by atoms with E-state index in [1.54, 1.807) is 6.08 Å². The summed E-state index contributed by atoms with van der Waals surface area (Å²) >= 11 is 6.87. The van der Waals surface area contributed by atoms with E-state index in [1.807, 2.05) is 80.6 Å². The third-order valence-corrected chi connectivity index (χ3v) is 6.03. The molecule has 6 heteroatoms. The van der Waals surface area contributed by atoms with Crippen molar-refractivity contribution < 1.29 is 14.3 Å². The molecule has 2 amide bonds. The van der Waals surface area contributed by atoms with E-state index in [0.717, 1.165) is 34.0 Å². The van der Waals surface area contributed by atoms with Crippen molar-refractivity contribution >= 4 is 46.3 Å². The van der Waals surface area contributed by atoms with Crippen LogP contribution in [0.25, 0.3) is 6.08 Å². The van der Waals surface area contributed by atoms with E-state index in [2.05, 4.69) is 0 Å². The maximum absolute atomic E-state index is 13.1. The zero-order valence-corrected chi connectivity index (χ0v) is 18.7. The fourth-order valence-corrected chi connectivity index (χ4v) is 4.20. The molecule has 156 valence electrons. The smallest absolute Gasteiger partial charge is 0.298 e. The molecular formula is C25H20ClNO3S. The average Bonchev–Trinajstić information content (AvgIpc) is 3.03. The third-order valence-electron chi connectivity index (χ3n) is 4.91. The van der Waals surface area contributed by atoms with Crippen molar-refractivity contribution in [1.82, 2.24) is 0 Å². The molecule has 0 unspecified atom stereocenters. The van der Waals surface area contributed by atoms with Crippen molar-refractivity contribution in [3.05, 3.63) is 98.9 Å². The topological polar surface area (TPSA) is 46.6 Å². The van der Waals surface area contributed by atoms with Gasteiger partial charge in [0.2, 0.25) is 0 Å². The van der Waals surface area contributed by atoms with E-state index in [-0.39, 0.29) is 11.1 Å². The fourth-order valence-electron chi connectivity index (χ4n) is 3.25. The van der Waals surface area contributed by atoms with Gasteiger partial charge in [-0.2, -0.15) is 0 Å². The van der Waals surface area contributed by atoms with Crippen LogP contribution in [0, 0.1) is 13.8 Å². The number of benzene rings is 3. The summed E-state index contributed by atoms with van der Waals surface area (Å²) in [5.41, 5.74) is 4.21. The van der Waals surface area contributed by atoms with Crippen LogP contribution in [0.5, 0.6) is 5.75 Å². The van der Waals surface area contributed by atoms with Gasteiger partial charge >= 0.3 is 0 Å².